The van der Waals surface area contributed by atoms with Crippen molar-refractivity contribution in [2.24, 2.45) is 23.2 Å². The highest BCUT2D eigenvalue weighted by Crippen LogP contribution is 2.60. The van der Waals surface area contributed by atoms with Crippen LogP contribution in [-0.4, -0.2) is 19.5 Å². The van der Waals surface area contributed by atoms with Gasteiger partial charge in [0.2, 0.25) is 0 Å². The van der Waals surface area contributed by atoms with Gasteiger partial charge in [-0.05, 0) is 36.5 Å². The number of fused-ring (bicyclic) bond motifs is 2. The Hall–Kier alpha value is -0.600. The SMILES string of the molecule is C=CCOC(OCC=C)[C@@H]1[C@@H]2CC[C@@H](C2)C1(C)C. The van der Waals surface area contributed by atoms with Crippen molar-refractivity contribution in [3.8, 4) is 0 Å². The van der Waals surface area contributed by atoms with E-state index >= 15 is 0 Å². The van der Waals surface area contributed by atoms with E-state index < -0.39 is 0 Å². The molecule has 0 amide bonds. The lowest BCUT2D eigenvalue weighted by molar-refractivity contribution is -0.192. The minimum absolute atomic E-state index is 0.105. The summed E-state index contributed by atoms with van der Waals surface area (Å²) in [5.41, 5.74) is 0.329. The second-order valence-corrected chi connectivity index (χ2v) is 6.23. The van der Waals surface area contributed by atoms with Gasteiger partial charge in [-0.1, -0.05) is 26.0 Å². The molecule has 102 valence electrons. The first-order chi connectivity index (χ1) is 8.61. The van der Waals surface area contributed by atoms with Gasteiger partial charge in [0.15, 0.2) is 6.29 Å². The summed E-state index contributed by atoms with van der Waals surface area (Å²) >= 11 is 0. The first kappa shape index (κ1) is 13.8. The van der Waals surface area contributed by atoms with Gasteiger partial charge in [0.05, 0.1) is 13.2 Å². The summed E-state index contributed by atoms with van der Waals surface area (Å²) in [7, 11) is 0. The molecule has 0 spiro atoms. The third kappa shape index (κ3) is 2.41. The number of hydrogen-bond acceptors (Lipinski definition) is 2. The fraction of sp³-hybridized carbons (Fsp3) is 0.750. The van der Waals surface area contributed by atoms with Gasteiger partial charge in [0.1, 0.15) is 0 Å². The largest absolute Gasteiger partial charge is 0.348 e. The summed E-state index contributed by atoms with van der Waals surface area (Å²) in [5.74, 6) is 2.12. The van der Waals surface area contributed by atoms with E-state index in [1.165, 1.54) is 19.3 Å². The van der Waals surface area contributed by atoms with E-state index in [0.29, 0.717) is 24.5 Å². The molecule has 2 aliphatic carbocycles. The second kappa shape index (κ2) is 5.58. The van der Waals surface area contributed by atoms with Crippen molar-refractivity contribution in [1.29, 1.82) is 0 Å². The van der Waals surface area contributed by atoms with E-state index in [4.69, 9.17) is 9.47 Å². The Morgan fingerprint density at radius 2 is 1.78 bits per heavy atom. The molecule has 0 aromatic carbocycles. The predicted octanol–water partition coefficient (Wildman–Crippen LogP) is 3.79. The molecule has 3 atom stereocenters. The highest BCUT2D eigenvalue weighted by molar-refractivity contribution is 5.03. The van der Waals surface area contributed by atoms with Crippen LogP contribution in [0.25, 0.3) is 0 Å². The van der Waals surface area contributed by atoms with Crippen molar-refractivity contribution in [2.45, 2.75) is 39.4 Å². The van der Waals surface area contributed by atoms with Crippen LogP contribution in [0.2, 0.25) is 0 Å². The van der Waals surface area contributed by atoms with Crippen molar-refractivity contribution < 1.29 is 9.47 Å². The molecule has 0 aromatic rings. The first-order valence-electron chi connectivity index (χ1n) is 7.06. The molecule has 2 bridgehead atoms. The minimum Gasteiger partial charge on any atom is -0.348 e. The molecule has 0 aromatic heterocycles. The first-order valence-corrected chi connectivity index (χ1v) is 7.06. The van der Waals surface area contributed by atoms with Gasteiger partial charge in [0, 0.05) is 5.92 Å². The van der Waals surface area contributed by atoms with Crippen LogP contribution in [0.5, 0.6) is 0 Å². The third-order valence-corrected chi connectivity index (χ3v) is 4.94. The fourth-order valence-electron chi connectivity index (χ4n) is 4.05. The molecular weight excluding hydrogens is 224 g/mol. The lowest BCUT2D eigenvalue weighted by Crippen LogP contribution is -2.41. The lowest BCUT2D eigenvalue weighted by Gasteiger charge is -2.42. The van der Waals surface area contributed by atoms with Crippen LogP contribution in [0.1, 0.15) is 33.1 Å². The molecule has 0 aliphatic heterocycles. The maximum Gasteiger partial charge on any atom is 0.161 e. The summed E-state index contributed by atoms with van der Waals surface area (Å²) < 4.78 is 11.8. The van der Waals surface area contributed by atoms with Crippen LogP contribution in [0.4, 0.5) is 0 Å². The smallest absolute Gasteiger partial charge is 0.161 e. The van der Waals surface area contributed by atoms with Crippen LogP contribution in [-0.2, 0) is 9.47 Å². The van der Waals surface area contributed by atoms with Crippen molar-refractivity contribution in [1.82, 2.24) is 0 Å². The molecule has 2 heteroatoms. The Kier molecular flexibility index (Phi) is 4.29. The zero-order chi connectivity index (χ0) is 13.2. The molecule has 2 aliphatic rings. The highest BCUT2D eigenvalue weighted by atomic mass is 16.7. The number of ether oxygens (including phenoxy) is 2. The van der Waals surface area contributed by atoms with Crippen molar-refractivity contribution in [3.63, 3.8) is 0 Å². The van der Waals surface area contributed by atoms with Crippen LogP contribution in [0.15, 0.2) is 25.3 Å². The fourth-order valence-corrected chi connectivity index (χ4v) is 4.05. The van der Waals surface area contributed by atoms with Gasteiger partial charge in [0.25, 0.3) is 0 Å². The van der Waals surface area contributed by atoms with E-state index in [2.05, 4.69) is 27.0 Å². The molecule has 0 saturated heterocycles. The number of hydrogen-bond donors (Lipinski definition) is 0. The Labute approximate surface area is 111 Å². The summed E-state index contributed by atoms with van der Waals surface area (Å²) in [4.78, 5) is 0. The third-order valence-electron chi connectivity index (χ3n) is 4.94. The van der Waals surface area contributed by atoms with Crippen LogP contribution in [0, 0.1) is 23.2 Å². The van der Waals surface area contributed by atoms with E-state index in [-0.39, 0.29) is 6.29 Å². The quantitative estimate of drug-likeness (QED) is 0.505. The molecule has 2 nitrogen and oxygen atoms in total. The topological polar surface area (TPSA) is 18.5 Å². The molecular formula is C16H26O2. The number of rotatable bonds is 7. The summed E-state index contributed by atoms with van der Waals surface area (Å²) in [5, 5.41) is 0. The van der Waals surface area contributed by atoms with Gasteiger partial charge < -0.3 is 9.47 Å². The summed E-state index contributed by atoms with van der Waals surface area (Å²) in [6.07, 6.45) is 7.55. The van der Waals surface area contributed by atoms with Gasteiger partial charge >= 0.3 is 0 Å². The highest BCUT2D eigenvalue weighted by Gasteiger charge is 2.55. The minimum atomic E-state index is -0.105. The van der Waals surface area contributed by atoms with Crippen molar-refractivity contribution in [2.75, 3.05) is 13.2 Å². The standard InChI is InChI=1S/C16H26O2/c1-5-9-17-15(18-10-6-2)14-12-7-8-13(11-12)16(14,3)4/h5-6,12-15H,1-2,7-11H2,3-4H3/t12-,13+,14+/m1/s1. The van der Waals surface area contributed by atoms with Gasteiger partial charge in [-0.2, -0.15) is 0 Å². The zero-order valence-corrected chi connectivity index (χ0v) is 11.7. The molecule has 0 heterocycles. The maximum absolute atomic E-state index is 5.88. The maximum atomic E-state index is 5.88. The van der Waals surface area contributed by atoms with Crippen LogP contribution in [0.3, 0.4) is 0 Å². The van der Waals surface area contributed by atoms with Crippen molar-refractivity contribution >= 4 is 0 Å². The zero-order valence-electron chi connectivity index (χ0n) is 11.7. The Morgan fingerprint density at radius 3 is 2.22 bits per heavy atom. The molecule has 0 unspecified atom stereocenters. The summed E-state index contributed by atoms with van der Waals surface area (Å²) in [6.45, 7) is 13.3. The van der Waals surface area contributed by atoms with Crippen LogP contribution >= 0.6 is 0 Å². The van der Waals surface area contributed by atoms with Crippen LogP contribution < -0.4 is 0 Å². The molecule has 0 radical (unpaired) electrons. The van der Waals surface area contributed by atoms with Gasteiger partial charge in [-0.15, -0.1) is 13.2 Å². The average molecular weight is 250 g/mol. The second-order valence-electron chi connectivity index (χ2n) is 6.23. The normalized spacial score (nSPS) is 32.9. The van der Waals surface area contributed by atoms with E-state index in [1.54, 1.807) is 12.2 Å². The Balaban J connectivity index is 2.08. The van der Waals surface area contributed by atoms with E-state index in [0.717, 1.165) is 11.8 Å². The van der Waals surface area contributed by atoms with E-state index in [9.17, 15) is 0 Å². The van der Waals surface area contributed by atoms with Gasteiger partial charge in [-0.3, -0.25) is 0 Å². The van der Waals surface area contributed by atoms with Gasteiger partial charge in [-0.25, -0.2) is 0 Å². The average Bonchev–Trinajstić information content (AvgIpc) is 2.89. The molecule has 2 fully saturated rings. The Bertz CT molecular complexity index is 296. The van der Waals surface area contributed by atoms with E-state index in [1.807, 2.05) is 0 Å². The predicted molar refractivity (Wildman–Crippen MR) is 74.2 cm³/mol. The Morgan fingerprint density at radius 1 is 1.17 bits per heavy atom. The summed E-state index contributed by atoms with van der Waals surface area (Å²) in [6, 6.07) is 0. The molecule has 2 rings (SSSR count). The molecule has 2 saturated carbocycles. The lowest BCUT2D eigenvalue weighted by atomic mass is 9.68. The van der Waals surface area contributed by atoms with Crippen molar-refractivity contribution in [3.05, 3.63) is 25.3 Å². The molecule has 0 N–H and O–H groups in total. The monoisotopic (exact) mass is 250 g/mol. The molecule has 18 heavy (non-hydrogen) atoms.